The number of amides is 1. The average molecular weight is 991 g/mol. The molecule has 0 aromatic carbocycles. The molecule has 1 aliphatic heterocycles. The van der Waals surface area contributed by atoms with Gasteiger partial charge in [0, 0.05) is 0 Å². The number of carbonyl (C=O) groups excluding carboxylic acids is 1. The van der Waals surface area contributed by atoms with Gasteiger partial charge in [-0.3, -0.25) is 4.79 Å². The third-order valence-corrected chi connectivity index (χ3v) is 14.0. The Balaban J connectivity index is 2.25. The predicted octanol–water partition coefficient (Wildman–Crippen LogP) is 13.5. The van der Waals surface area contributed by atoms with Gasteiger partial charge in [-0.25, -0.2) is 0 Å². The number of rotatable bonds is 50. The van der Waals surface area contributed by atoms with E-state index >= 15 is 0 Å². The Morgan fingerprint density at radius 1 is 0.486 bits per heavy atom. The first-order valence-electron chi connectivity index (χ1n) is 29.5. The molecule has 0 aromatic heterocycles. The smallest absolute Gasteiger partial charge is 0.249 e. The van der Waals surface area contributed by atoms with E-state index in [2.05, 4.69) is 55.6 Å². The van der Waals surface area contributed by atoms with Crippen LogP contribution in [0.3, 0.4) is 0 Å². The lowest BCUT2D eigenvalue weighted by molar-refractivity contribution is -0.302. The van der Waals surface area contributed by atoms with Crippen LogP contribution < -0.4 is 5.32 Å². The molecule has 410 valence electrons. The van der Waals surface area contributed by atoms with Crippen molar-refractivity contribution in [2.45, 2.75) is 313 Å². The molecule has 0 spiro atoms. The lowest BCUT2D eigenvalue weighted by Crippen LogP contribution is -2.60. The monoisotopic (exact) mass is 990 g/mol. The number of allylic oxidation sites excluding steroid dienone is 7. The molecule has 1 fully saturated rings. The van der Waals surface area contributed by atoms with Gasteiger partial charge in [0.25, 0.3) is 0 Å². The normalized spacial score (nSPS) is 20.1. The van der Waals surface area contributed by atoms with Crippen LogP contribution in [-0.2, 0) is 14.3 Å². The van der Waals surface area contributed by atoms with E-state index in [-0.39, 0.29) is 6.61 Å². The van der Waals surface area contributed by atoms with Crippen molar-refractivity contribution in [2.75, 3.05) is 13.2 Å². The van der Waals surface area contributed by atoms with Crippen LogP contribution in [0.5, 0.6) is 0 Å². The van der Waals surface area contributed by atoms with Crippen molar-refractivity contribution in [2.24, 2.45) is 0 Å². The standard InChI is InChI=1S/C60H111NO9/c1-3-5-7-9-11-13-15-17-19-21-22-23-24-25-26-27-28-29-30-31-33-35-37-39-41-43-45-47-49-54(64)59(68)61-52(51-69-60-58(67)57(66)56(65)55(50-62)70-60)53(63)48-46-44-42-40-38-36-34-32-20-18-16-14-12-10-8-6-4-2/h20,25-26,32,38,40,46,48,52-58,60,62-67H,3-19,21-24,27-31,33-37,39,41-45,47,49-51H2,1-2H3,(H,61,68)/b26-25-,32-20+,40-38+,48-46+. The average Bonchev–Trinajstić information content (AvgIpc) is 3.36. The van der Waals surface area contributed by atoms with Gasteiger partial charge in [0.2, 0.25) is 5.91 Å². The van der Waals surface area contributed by atoms with E-state index in [4.69, 9.17) is 9.47 Å². The van der Waals surface area contributed by atoms with Gasteiger partial charge in [-0.1, -0.05) is 242 Å². The SMILES string of the molecule is CCCCCCCCC/C=C/CC/C=C/CC/C=C/C(O)C(COC1OC(CO)C(O)C(O)C1O)NC(=O)C(O)CCCCCCCCCCCCCC/C=C\CCCCCCCCCCCCCC. The van der Waals surface area contributed by atoms with E-state index in [1.54, 1.807) is 6.08 Å². The summed E-state index contributed by atoms with van der Waals surface area (Å²) in [6.45, 7) is 3.61. The molecule has 0 saturated carbocycles. The number of aliphatic hydroxyl groups excluding tert-OH is 6. The first kappa shape index (κ1) is 66.1. The highest BCUT2D eigenvalue weighted by Gasteiger charge is 2.44. The molecule has 0 aliphatic carbocycles. The number of nitrogens with one attached hydrogen (secondary N) is 1. The van der Waals surface area contributed by atoms with Gasteiger partial charge < -0.3 is 45.4 Å². The maximum atomic E-state index is 13.1. The summed E-state index contributed by atoms with van der Waals surface area (Å²) in [6.07, 6.45) is 55.1. The summed E-state index contributed by atoms with van der Waals surface area (Å²) in [7, 11) is 0. The van der Waals surface area contributed by atoms with Gasteiger partial charge in [-0.15, -0.1) is 0 Å². The Labute approximate surface area is 429 Å². The van der Waals surface area contributed by atoms with Crippen molar-refractivity contribution in [1.29, 1.82) is 0 Å². The maximum absolute atomic E-state index is 13.1. The van der Waals surface area contributed by atoms with Gasteiger partial charge in [-0.2, -0.15) is 0 Å². The molecule has 1 amide bonds. The van der Waals surface area contributed by atoms with E-state index in [0.29, 0.717) is 19.3 Å². The van der Waals surface area contributed by atoms with E-state index in [0.717, 1.165) is 44.9 Å². The molecule has 7 N–H and O–H groups in total. The van der Waals surface area contributed by atoms with Crippen LogP contribution in [0.15, 0.2) is 48.6 Å². The summed E-state index contributed by atoms with van der Waals surface area (Å²) in [4.78, 5) is 13.1. The molecule has 1 heterocycles. The summed E-state index contributed by atoms with van der Waals surface area (Å²) >= 11 is 0. The third-order valence-electron chi connectivity index (χ3n) is 14.0. The highest BCUT2D eigenvalue weighted by molar-refractivity contribution is 5.80. The van der Waals surface area contributed by atoms with Crippen molar-refractivity contribution in [3.8, 4) is 0 Å². The zero-order chi connectivity index (χ0) is 51.0. The molecule has 0 aromatic rings. The number of unbranched alkanes of at least 4 members (excludes halogenated alkanes) is 33. The summed E-state index contributed by atoms with van der Waals surface area (Å²) in [5, 5.41) is 65.0. The van der Waals surface area contributed by atoms with Crippen molar-refractivity contribution >= 4 is 5.91 Å². The molecule has 1 aliphatic rings. The lowest BCUT2D eigenvalue weighted by atomic mass is 9.99. The molecule has 8 unspecified atom stereocenters. The first-order valence-corrected chi connectivity index (χ1v) is 29.5. The van der Waals surface area contributed by atoms with Gasteiger partial charge >= 0.3 is 0 Å². The minimum atomic E-state index is -1.62. The van der Waals surface area contributed by atoms with Gasteiger partial charge in [-0.05, 0) is 70.6 Å². The second-order valence-corrected chi connectivity index (χ2v) is 20.6. The number of ether oxygens (including phenoxy) is 2. The summed E-state index contributed by atoms with van der Waals surface area (Å²) < 4.78 is 11.2. The third kappa shape index (κ3) is 37.8. The minimum Gasteiger partial charge on any atom is -0.394 e. The molecule has 1 rings (SSSR count). The Morgan fingerprint density at radius 3 is 1.24 bits per heavy atom. The van der Waals surface area contributed by atoms with Gasteiger partial charge in [0.15, 0.2) is 6.29 Å². The quantitative estimate of drug-likeness (QED) is 0.0232. The minimum absolute atomic E-state index is 0.300. The number of hydrogen-bond donors (Lipinski definition) is 7. The van der Waals surface area contributed by atoms with E-state index in [1.165, 1.54) is 186 Å². The van der Waals surface area contributed by atoms with Crippen molar-refractivity contribution in [3.05, 3.63) is 48.6 Å². The zero-order valence-electron chi connectivity index (χ0n) is 45.1. The number of aliphatic hydroxyl groups is 6. The summed E-state index contributed by atoms with van der Waals surface area (Å²) in [6, 6.07) is -1.00. The van der Waals surface area contributed by atoms with Gasteiger partial charge in [0.1, 0.15) is 30.5 Å². The fraction of sp³-hybridized carbons (Fsp3) is 0.850. The van der Waals surface area contributed by atoms with Crippen molar-refractivity contribution in [3.63, 3.8) is 0 Å². The Kier molecular flexibility index (Phi) is 46.6. The second kappa shape index (κ2) is 49.3. The fourth-order valence-electron chi connectivity index (χ4n) is 9.19. The van der Waals surface area contributed by atoms with Crippen LogP contribution in [0.25, 0.3) is 0 Å². The van der Waals surface area contributed by atoms with E-state index in [1.807, 2.05) is 6.08 Å². The molecule has 1 saturated heterocycles. The van der Waals surface area contributed by atoms with Crippen LogP contribution in [0, 0.1) is 0 Å². The zero-order valence-corrected chi connectivity index (χ0v) is 45.1. The Hall–Kier alpha value is -1.89. The molecule has 70 heavy (non-hydrogen) atoms. The predicted molar refractivity (Wildman–Crippen MR) is 292 cm³/mol. The van der Waals surface area contributed by atoms with Crippen LogP contribution in [0.1, 0.15) is 264 Å². The molecule has 8 atom stereocenters. The molecule has 10 heteroatoms. The molecular weight excluding hydrogens is 879 g/mol. The molecule has 0 radical (unpaired) electrons. The lowest BCUT2D eigenvalue weighted by Gasteiger charge is -2.40. The van der Waals surface area contributed by atoms with Gasteiger partial charge in [0.05, 0.1) is 25.4 Å². The van der Waals surface area contributed by atoms with Crippen LogP contribution >= 0.6 is 0 Å². The van der Waals surface area contributed by atoms with Crippen LogP contribution in [0.2, 0.25) is 0 Å². The second-order valence-electron chi connectivity index (χ2n) is 20.6. The Bertz CT molecular complexity index is 1260. The van der Waals surface area contributed by atoms with Crippen molar-refractivity contribution < 1.29 is 44.9 Å². The topological polar surface area (TPSA) is 169 Å². The fourth-order valence-corrected chi connectivity index (χ4v) is 9.19. The Morgan fingerprint density at radius 2 is 0.843 bits per heavy atom. The molecule has 0 bridgehead atoms. The van der Waals surface area contributed by atoms with Crippen LogP contribution in [-0.4, -0.2) is 98.7 Å². The largest absolute Gasteiger partial charge is 0.394 e. The highest BCUT2D eigenvalue weighted by atomic mass is 16.7. The van der Waals surface area contributed by atoms with E-state index in [9.17, 15) is 35.4 Å². The van der Waals surface area contributed by atoms with E-state index < -0.39 is 61.5 Å². The number of hydrogen-bond acceptors (Lipinski definition) is 9. The maximum Gasteiger partial charge on any atom is 0.249 e. The highest BCUT2D eigenvalue weighted by Crippen LogP contribution is 2.23. The summed E-state index contributed by atoms with van der Waals surface area (Å²) in [5.41, 5.74) is 0. The van der Waals surface area contributed by atoms with Crippen molar-refractivity contribution in [1.82, 2.24) is 5.32 Å². The van der Waals surface area contributed by atoms with Crippen LogP contribution in [0.4, 0.5) is 0 Å². The summed E-state index contributed by atoms with van der Waals surface area (Å²) in [5.74, 6) is -0.629. The molecule has 10 nitrogen and oxygen atoms in total. The first-order chi connectivity index (χ1) is 34.3. The number of carbonyl (C=O) groups is 1. The molecular formula is C60H111NO9.